The molecular formula is C22H28N2O7S. The van der Waals surface area contributed by atoms with Crippen molar-refractivity contribution in [2.45, 2.75) is 62.5 Å². The van der Waals surface area contributed by atoms with Crippen molar-refractivity contribution >= 4 is 21.9 Å². The summed E-state index contributed by atoms with van der Waals surface area (Å²) in [6.45, 7) is 7.38. The Morgan fingerprint density at radius 1 is 1.25 bits per heavy atom. The molecule has 2 aromatic rings. The second kappa shape index (κ2) is 8.57. The number of nitrogens with zero attached hydrogens (tertiary/aromatic N) is 2. The minimum absolute atomic E-state index is 0.0714. The Morgan fingerprint density at radius 3 is 2.50 bits per heavy atom. The molecule has 174 valence electrons. The number of likely N-dealkylation sites (tertiary alicyclic amines) is 1. The van der Waals surface area contributed by atoms with Gasteiger partial charge in [-0.1, -0.05) is 22.9 Å². The number of rotatable bonds is 5. The summed E-state index contributed by atoms with van der Waals surface area (Å²) in [5, 5.41) is 13.4. The third-order valence-corrected chi connectivity index (χ3v) is 6.97. The summed E-state index contributed by atoms with van der Waals surface area (Å²) in [5.74, 6) is -0.964. The fourth-order valence-electron chi connectivity index (χ4n) is 3.68. The molecule has 1 amide bonds. The number of sulfone groups is 1. The molecule has 1 atom stereocenters. The number of carboxylic acid groups (broad SMARTS) is 1. The first-order valence-corrected chi connectivity index (χ1v) is 11.8. The number of ether oxygens (including phenoxy) is 1. The Balaban J connectivity index is 1.83. The van der Waals surface area contributed by atoms with Crippen LogP contribution in [0.4, 0.5) is 4.79 Å². The summed E-state index contributed by atoms with van der Waals surface area (Å²) in [5.41, 5.74) is -1.12. The van der Waals surface area contributed by atoms with E-state index in [2.05, 4.69) is 5.16 Å². The fraction of sp³-hybridized carbons (Fsp3) is 0.500. The van der Waals surface area contributed by atoms with Gasteiger partial charge in [0, 0.05) is 25.6 Å². The number of hydrogen-bond acceptors (Lipinski definition) is 7. The van der Waals surface area contributed by atoms with Crippen LogP contribution in [0.5, 0.6) is 0 Å². The Kier molecular flexibility index (Phi) is 6.37. The predicted octanol–water partition coefficient (Wildman–Crippen LogP) is 3.46. The Morgan fingerprint density at radius 2 is 1.91 bits per heavy atom. The lowest BCUT2D eigenvalue weighted by molar-refractivity contribution is -0.152. The van der Waals surface area contributed by atoms with Crippen LogP contribution in [0.1, 0.15) is 44.9 Å². The molecule has 1 saturated heterocycles. The van der Waals surface area contributed by atoms with Crippen LogP contribution >= 0.6 is 0 Å². The molecule has 10 heteroatoms. The van der Waals surface area contributed by atoms with Gasteiger partial charge in [0.25, 0.3) is 0 Å². The molecule has 1 aromatic heterocycles. The van der Waals surface area contributed by atoms with Crippen LogP contribution in [0.2, 0.25) is 0 Å². The van der Waals surface area contributed by atoms with Crippen LogP contribution in [-0.4, -0.2) is 54.3 Å². The van der Waals surface area contributed by atoms with E-state index >= 15 is 0 Å². The third kappa shape index (κ3) is 5.12. The second-order valence-corrected chi connectivity index (χ2v) is 11.1. The molecule has 0 aliphatic carbocycles. The van der Waals surface area contributed by atoms with Crippen LogP contribution < -0.4 is 0 Å². The van der Waals surface area contributed by atoms with Crippen LogP contribution in [0.15, 0.2) is 44.8 Å². The number of aryl methyl sites for hydroxylation is 1. The lowest BCUT2D eigenvalue weighted by atomic mass is 9.76. The van der Waals surface area contributed by atoms with E-state index in [4.69, 9.17) is 9.26 Å². The molecule has 3 rings (SSSR count). The topological polar surface area (TPSA) is 127 Å². The van der Waals surface area contributed by atoms with E-state index < -0.39 is 32.9 Å². The van der Waals surface area contributed by atoms with E-state index in [0.717, 1.165) is 5.56 Å². The monoisotopic (exact) mass is 464 g/mol. The zero-order valence-electron chi connectivity index (χ0n) is 18.6. The van der Waals surface area contributed by atoms with Gasteiger partial charge >= 0.3 is 12.1 Å². The van der Waals surface area contributed by atoms with Crippen molar-refractivity contribution < 1.29 is 32.4 Å². The average molecular weight is 465 g/mol. The number of amides is 1. The smallest absolute Gasteiger partial charge is 0.410 e. The van der Waals surface area contributed by atoms with Gasteiger partial charge in [-0.15, -0.1) is 0 Å². The maximum absolute atomic E-state index is 12.8. The Labute approximate surface area is 187 Å². The first-order valence-electron chi connectivity index (χ1n) is 10.3. The number of aliphatic carboxylic acids is 1. The van der Waals surface area contributed by atoms with Gasteiger partial charge in [-0.25, -0.2) is 13.2 Å². The highest BCUT2D eigenvalue weighted by Gasteiger charge is 2.45. The minimum Gasteiger partial charge on any atom is -0.481 e. The normalized spacial score (nSPS) is 19.6. The molecule has 1 fully saturated rings. The van der Waals surface area contributed by atoms with Crippen molar-refractivity contribution in [3.05, 3.63) is 41.7 Å². The van der Waals surface area contributed by atoms with Crippen molar-refractivity contribution in [3.63, 3.8) is 0 Å². The number of aromatic nitrogens is 1. The van der Waals surface area contributed by atoms with Gasteiger partial charge in [-0.05, 0) is 52.7 Å². The zero-order chi connectivity index (χ0) is 23.7. The third-order valence-electron chi connectivity index (χ3n) is 5.34. The van der Waals surface area contributed by atoms with Gasteiger partial charge in [-0.2, -0.15) is 0 Å². The van der Waals surface area contributed by atoms with Gasteiger partial charge in [0.1, 0.15) is 11.4 Å². The van der Waals surface area contributed by atoms with E-state index in [-0.39, 0.29) is 28.6 Å². The zero-order valence-corrected chi connectivity index (χ0v) is 19.4. The molecule has 1 N–H and O–H groups in total. The lowest BCUT2D eigenvalue weighted by Gasteiger charge is -2.39. The summed E-state index contributed by atoms with van der Waals surface area (Å²) < 4.78 is 36.3. The maximum Gasteiger partial charge on any atom is 0.410 e. The fourth-order valence-corrected chi connectivity index (χ4v) is 4.84. The SMILES string of the molecule is Cc1ccc(S(=O)(=O)c2cc(CC3(C(=O)O)CCCN(C(=O)OC(C)(C)C)C3)on2)cc1. The summed E-state index contributed by atoms with van der Waals surface area (Å²) in [6.07, 6.45) is 0.0947. The highest BCUT2D eigenvalue weighted by Crippen LogP contribution is 2.35. The molecule has 1 unspecified atom stereocenters. The first-order chi connectivity index (χ1) is 14.8. The average Bonchev–Trinajstić information content (AvgIpc) is 3.16. The van der Waals surface area contributed by atoms with Crippen LogP contribution in [-0.2, 0) is 25.8 Å². The maximum atomic E-state index is 12.8. The van der Waals surface area contributed by atoms with E-state index in [9.17, 15) is 23.1 Å². The second-order valence-electron chi connectivity index (χ2n) is 9.22. The summed E-state index contributed by atoms with van der Waals surface area (Å²) in [7, 11) is -3.90. The van der Waals surface area contributed by atoms with E-state index in [1.807, 2.05) is 6.92 Å². The Hall–Kier alpha value is -2.88. The Bertz CT molecular complexity index is 1100. The molecule has 32 heavy (non-hydrogen) atoms. The number of carbonyl (C=O) groups is 2. The molecule has 1 aromatic carbocycles. The number of hydrogen-bond donors (Lipinski definition) is 1. The largest absolute Gasteiger partial charge is 0.481 e. The number of carboxylic acids is 1. The van der Waals surface area contributed by atoms with Crippen LogP contribution in [0.3, 0.4) is 0 Å². The molecule has 0 bridgehead atoms. The summed E-state index contributed by atoms with van der Waals surface area (Å²) in [4.78, 5) is 26.2. The molecule has 1 aliphatic rings. The molecular weight excluding hydrogens is 436 g/mol. The number of carbonyl (C=O) groups excluding carboxylic acids is 1. The molecule has 2 heterocycles. The van der Waals surface area contributed by atoms with E-state index in [1.165, 1.54) is 23.1 Å². The van der Waals surface area contributed by atoms with E-state index in [1.54, 1.807) is 32.9 Å². The number of piperidine rings is 1. The molecule has 1 aliphatic heterocycles. The van der Waals surface area contributed by atoms with Gasteiger partial charge < -0.3 is 19.3 Å². The lowest BCUT2D eigenvalue weighted by Crippen LogP contribution is -2.52. The predicted molar refractivity (Wildman–Crippen MR) is 114 cm³/mol. The van der Waals surface area contributed by atoms with Gasteiger partial charge in [0.05, 0.1) is 10.3 Å². The molecule has 0 radical (unpaired) electrons. The summed E-state index contributed by atoms with van der Waals surface area (Å²) in [6, 6.07) is 7.59. The standard InChI is InChI=1S/C22H28N2O7S/c1-15-6-8-17(9-7-15)32(28,29)18-12-16(31-23-18)13-22(19(25)26)10-5-11-24(14-22)20(27)30-21(2,3)4/h6-9,12H,5,10-11,13-14H2,1-4H3,(H,25,26). The van der Waals surface area contributed by atoms with Gasteiger partial charge in [0.15, 0.2) is 0 Å². The highest BCUT2D eigenvalue weighted by atomic mass is 32.2. The van der Waals surface area contributed by atoms with Gasteiger partial charge in [-0.3, -0.25) is 4.79 Å². The molecule has 0 spiro atoms. The van der Waals surface area contributed by atoms with Crippen molar-refractivity contribution in [2.75, 3.05) is 13.1 Å². The minimum atomic E-state index is -3.90. The van der Waals surface area contributed by atoms with Crippen molar-refractivity contribution in [2.24, 2.45) is 5.41 Å². The van der Waals surface area contributed by atoms with Crippen molar-refractivity contribution in [1.29, 1.82) is 0 Å². The first kappa shape index (κ1) is 23.8. The van der Waals surface area contributed by atoms with Crippen molar-refractivity contribution in [1.82, 2.24) is 10.1 Å². The molecule has 9 nitrogen and oxygen atoms in total. The van der Waals surface area contributed by atoms with E-state index in [0.29, 0.717) is 19.4 Å². The molecule has 0 saturated carbocycles. The van der Waals surface area contributed by atoms with Crippen LogP contribution in [0, 0.1) is 12.3 Å². The van der Waals surface area contributed by atoms with Crippen molar-refractivity contribution in [3.8, 4) is 0 Å². The number of benzene rings is 1. The van der Waals surface area contributed by atoms with Gasteiger partial charge in [0.2, 0.25) is 14.9 Å². The summed E-state index contributed by atoms with van der Waals surface area (Å²) >= 11 is 0. The quantitative estimate of drug-likeness (QED) is 0.713. The van der Waals surface area contributed by atoms with Crippen LogP contribution in [0.25, 0.3) is 0 Å². The highest BCUT2D eigenvalue weighted by molar-refractivity contribution is 7.91.